The van der Waals surface area contributed by atoms with Gasteiger partial charge in [-0.2, -0.15) is 0 Å². The van der Waals surface area contributed by atoms with Gasteiger partial charge in [0.15, 0.2) is 0 Å². The molecule has 0 saturated carbocycles. The molecule has 0 aliphatic rings. The number of aryl methyl sites for hydroxylation is 1. The van der Waals surface area contributed by atoms with Gasteiger partial charge in [0.05, 0.1) is 12.2 Å². The summed E-state index contributed by atoms with van der Waals surface area (Å²) in [5.41, 5.74) is 1.79. The fraction of sp³-hybridized carbons (Fsp3) is 0.682. The first-order valence-electron chi connectivity index (χ1n) is 9.86. The molecule has 0 aliphatic carbocycles. The Hall–Kier alpha value is -1.35. The average Bonchev–Trinajstić information content (AvgIpc) is 2.59. The minimum Gasteiger partial charge on any atom is -0.456 e. The molecule has 1 atom stereocenters. The Kier molecular flexibility index (Phi) is 11.2. The molecule has 0 heterocycles. The van der Waals surface area contributed by atoms with Gasteiger partial charge in [-0.1, -0.05) is 64.7 Å². The zero-order valence-corrected chi connectivity index (χ0v) is 16.6. The number of hydrogen-bond donors (Lipinski definition) is 0. The van der Waals surface area contributed by atoms with Crippen LogP contribution in [0.15, 0.2) is 24.3 Å². The van der Waals surface area contributed by atoms with E-state index in [1.165, 1.54) is 19.3 Å². The molecule has 1 unspecified atom stereocenters. The number of benzene rings is 1. The van der Waals surface area contributed by atoms with Gasteiger partial charge in [-0.15, -0.1) is 0 Å². The molecule has 0 bridgehead atoms. The first-order valence-corrected chi connectivity index (χ1v) is 9.86. The second-order valence-corrected chi connectivity index (χ2v) is 7.28. The highest BCUT2D eigenvalue weighted by molar-refractivity contribution is 5.91. The minimum atomic E-state index is -0.212. The zero-order valence-electron chi connectivity index (χ0n) is 16.6. The van der Waals surface area contributed by atoms with Crippen LogP contribution in [-0.2, 0) is 15.9 Å². The van der Waals surface area contributed by atoms with E-state index in [0.717, 1.165) is 43.6 Å². The SMILES string of the molecule is CCCCc1ccccc1C(=O)OC(CCCCCC(C)C)COC. The first-order chi connectivity index (χ1) is 12.1. The number of methoxy groups -OCH3 is 1. The largest absolute Gasteiger partial charge is 0.456 e. The van der Waals surface area contributed by atoms with Gasteiger partial charge in [0.25, 0.3) is 0 Å². The molecule has 1 aromatic rings. The van der Waals surface area contributed by atoms with Crippen LogP contribution in [0.25, 0.3) is 0 Å². The number of carbonyl (C=O) groups excluding carboxylic acids is 1. The molecule has 3 nitrogen and oxygen atoms in total. The fourth-order valence-corrected chi connectivity index (χ4v) is 2.98. The average molecular weight is 349 g/mol. The fourth-order valence-electron chi connectivity index (χ4n) is 2.98. The molecular formula is C22H36O3. The monoisotopic (exact) mass is 348 g/mol. The number of esters is 1. The standard InChI is InChI=1S/C22H36O3/c1-5-6-13-19-14-10-11-16-21(19)22(23)25-20(17-24-4)15-9-7-8-12-18(2)3/h10-11,14,16,18,20H,5-9,12-13,15,17H2,1-4H3. The minimum absolute atomic E-state index is 0.157. The predicted molar refractivity (Wildman–Crippen MR) is 104 cm³/mol. The topological polar surface area (TPSA) is 35.5 Å². The lowest BCUT2D eigenvalue weighted by Gasteiger charge is -2.18. The summed E-state index contributed by atoms with van der Waals surface area (Å²) in [6, 6.07) is 7.80. The van der Waals surface area contributed by atoms with Gasteiger partial charge in [-0.3, -0.25) is 0 Å². The Morgan fingerprint density at radius 3 is 2.44 bits per heavy atom. The van der Waals surface area contributed by atoms with Crippen LogP contribution in [0.2, 0.25) is 0 Å². The molecule has 0 N–H and O–H groups in total. The van der Waals surface area contributed by atoms with Gasteiger partial charge in [-0.05, 0) is 43.2 Å². The summed E-state index contributed by atoms with van der Waals surface area (Å²) in [6.45, 7) is 7.14. The van der Waals surface area contributed by atoms with Gasteiger partial charge >= 0.3 is 5.97 Å². The van der Waals surface area contributed by atoms with Crippen molar-refractivity contribution in [1.29, 1.82) is 0 Å². The third kappa shape index (κ3) is 9.06. The highest BCUT2D eigenvalue weighted by atomic mass is 16.6. The molecule has 0 aromatic heterocycles. The second-order valence-electron chi connectivity index (χ2n) is 7.28. The third-order valence-electron chi connectivity index (χ3n) is 4.47. The van der Waals surface area contributed by atoms with Gasteiger partial charge in [0, 0.05) is 7.11 Å². The van der Waals surface area contributed by atoms with E-state index in [4.69, 9.17) is 9.47 Å². The van der Waals surface area contributed by atoms with Crippen LogP contribution in [0.4, 0.5) is 0 Å². The molecule has 0 amide bonds. The van der Waals surface area contributed by atoms with E-state index < -0.39 is 0 Å². The number of hydrogen-bond acceptors (Lipinski definition) is 3. The molecular weight excluding hydrogens is 312 g/mol. The van der Waals surface area contributed by atoms with Crippen molar-refractivity contribution in [3.8, 4) is 0 Å². The molecule has 1 rings (SSSR count). The lowest BCUT2D eigenvalue weighted by molar-refractivity contribution is 0.00226. The summed E-state index contributed by atoms with van der Waals surface area (Å²) in [5.74, 6) is 0.545. The zero-order chi connectivity index (χ0) is 18.5. The summed E-state index contributed by atoms with van der Waals surface area (Å²) in [4.78, 5) is 12.6. The molecule has 25 heavy (non-hydrogen) atoms. The third-order valence-corrected chi connectivity index (χ3v) is 4.47. The molecule has 0 aliphatic heterocycles. The van der Waals surface area contributed by atoms with Crippen molar-refractivity contribution in [2.24, 2.45) is 5.92 Å². The number of rotatable bonds is 13. The van der Waals surface area contributed by atoms with Crippen molar-refractivity contribution >= 4 is 5.97 Å². The Balaban J connectivity index is 2.55. The van der Waals surface area contributed by atoms with E-state index in [0.29, 0.717) is 12.2 Å². The highest BCUT2D eigenvalue weighted by Crippen LogP contribution is 2.17. The van der Waals surface area contributed by atoms with Crippen molar-refractivity contribution < 1.29 is 14.3 Å². The molecule has 0 spiro atoms. The van der Waals surface area contributed by atoms with Crippen molar-refractivity contribution in [2.45, 2.75) is 78.2 Å². The van der Waals surface area contributed by atoms with E-state index in [9.17, 15) is 4.79 Å². The van der Waals surface area contributed by atoms with Crippen LogP contribution in [0, 0.1) is 5.92 Å². The quantitative estimate of drug-likeness (QED) is 0.333. The van der Waals surface area contributed by atoms with E-state index in [2.05, 4.69) is 20.8 Å². The van der Waals surface area contributed by atoms with Gasteiger partial charge in [0.1, 0.15) is 6.10 Å². The first kappa shape index (κ1) is 21.7. The smallest absolute Gasteiger partial charge is 0.338 e. The summed E-state index contributed by atoms with van der Waals surface area (Å²) < 4.78 is 11.0. The molecule has 0 radical (unpaired) electrons. The van der Waals surface area contributed by atoms with Crippen LogP contribution in [0.5, 0.6) is 0 Å². The Bertz CT molecular complexity index is 482. The Morgan fingerprint density at radius 2 is 1.76 bits per heavy atom. The van der Waals surface area contributed by atoms with Crippen LogP contribution in [0.1, 0.15) is 81.6 Å². The van der Waals surface area contributed by atoms with E-state index >= 15 is 0 Å². The molecule has 3 heteroatoms. The van der Waals surface area contributed by atoms with E-state index in [1.54, 1.807) is 7.11 Å². The predicted octanol–water partition coefficient (Wildman–Crippen LogP) is 5.81. The van der Waals surface area contributed by atoms with Gasteiger partial charge < -0.3 is 9.47 Å². The molecule has 0 fully saturated rings. The van der Waals surface area contributed by atoms with Crippen molar-refractivity contribution in [3.63, 3.8) is 0 Å². The normalized spacial score (nSPS) is 12.4. The van der Waals surface area contributed by atoms with Gasteiger partial charge in [0.2, 0.25) is 0 Å². The summed E-state index contributed by atoms with van der Waals surface area (Å²) in [7, 11) is 1.66. The maximum absolute atomic E-state index is 12.6. The van der Waals surface area contributed by atoms with E-state index in [-0.39, 0.29) is 12.1 Å². The highest BCUT2D eigenvalue weighted by Gasteiger charge is 2.18. The molecule has 0 saturated heterocycles. The number of unbranched alkanes of at least 4 members (excludes halogenated alkanes) is 3. The summed E-state index contributed by atoms with van der Waals surface area (Å²) in [6.07, 6.45) is 8.60. The van der Waals surface area contributed by atoms with Crippen LogP contribution in [0.3, 0.4) is 0 Å². The molecule has 142 valence electrons. The van der Waals surface area contributed by atoms with Crippen molar-refractivity contribution in [3.05, 3.63) is 35.4 Å². The maximum atomic E-state index is 12.6. The van der Waals surface area contributed by atoms with Crippen molar-refractivity contribution in [1.82, 2.24) is 0 Å². The lowest BCUT2D eigenvalue weighted by Crippen LogP contribution is -2.24. The van der Waals surface area contributed by atoms with Crippen LogP contribution >= 0.6 is 0 Å². The van der Waals surface area contributed by atoms with E-state index in [1.807, 2.05) is 24.3 Å². The number of ether oxygens (including phenoxy) is 2. The lowest BCUT2D eigenvalue weighted by atomic mass is 10.0. The molecule has 1 aromatic carbocycles. The Morgan fingerprint density at radius 1 is 1.04 bits per heavy atom. The maximum Gasteiger partial charge on any atom is 0.338 e. The van der Waals surface area contributed by atoms with Gasteiger partial charge in [-0.25, -0.2) is 4.79 Å². The van der Waals surface area contributed by atoms with Crippen molar-refractivity contribution in [2.75, 3.05) is 13.7 Å². The van der Waals surface area contributed by atoms with Crippen LogP contribution in [-0.4, -0.2) is 25.8 Å². The Labute approximate surface area is 154 Å². The van der Waals surface area contributed by atoms with Crippen LogP contribution < -0.4 is 0 Å². The summed E-state index contributed by atoms with van der Waals surface area (Å²) >= 11 is 0. The summed E-state index contributed by atoms with van der Waals surface area (Å²) in [5, 5.41) is 0. The second kappa shape index (κ2) is 12.9. The number of carbonyl (C=O) groups is 1.